The van der Waals surface area contributed by atoms with Crippen molar-refractivity contribution in [2.24, 2.45) is 0 Å². The second-order valence-corrected chi connectivity index (χ2v) is 9.41. The fourth-order valence-electron chi connectivity index (χ4n) is 3.13. The Labute approximate surface area is 215 Å². The summed E-state index contributed by atoms with van der Waals surface area (Å²) in [7, 11) is 0. The van der Waals surface area contributed by atoms with E-state index in [0.717, 1.165) is 11.3 Å². The van der Waals surface area contributed by atoms with Crippen molar-refractivity contribution in [1.82, 2.24) is 25.1 Å². The Morgan fingerprint density at radius 2 is 1.89 bits per heavy atom. The topological polar surface area (TPSA) is 102 Å². The van der Waals surface area contributed by atoms with Crippen molar-refractivity contribution in [3.8, 4) is 11.3 Å². The third-order valence-corrected chi connectivity index (χ3v) is 6.84. The quantitative estimate of drug-likeness (QED) is 0.226. The van der Waals surface area contributed by atoms with E-state index in [9.17, 15) is 9.59 Å². The highest BCUT2D eigenvalue weighted by Crippen LogP contribution is 2.25. The van der Waals surface area contributed by atoms with Gasteiger partial charge in [-0.2, -0.15) is 0 Å². The SMILES string of the molecule is C=CCn1c(CNC(=O)c2ccccc2Cl)nnc1SCC(=O)Nc1nc(-c2ccccc2)cs1. The number of halogens is 1. The number of nitrogens with zero attached hydrogens (tertiary/aromatic N) is 4. The third kappa shape index (κ3) is 6.36. The number of amides is 2. The molecule has 11 heteroatoms. The molecule has 178 valence electrons. The van der Waals surface area contributed by atoms with Crippen molar-refractivity contribution < 1.29 is 9.59 Å². The van der Waals surface area contributed by atoms with Crippen LogP contribution in [0, 0.1) is 0 Å². The van der Waals surface area contributed by atoms with Gasteiger partial charge >= 0.3 is 0 Å². The van der Waals surface area contributed by atoms with Gasteiger partial charge in [-0.05, 0) is 12.1 Å². The lowest BCUT2D eigenvalue weighted by Gasteiger charge is -2.09. The van der Waals surface area contributed by atoms with Gasteiger partial charge in [-0.25, -0.2) is 4.98 Å². The minimum absolute atomic E-state index is 0.126. The van der Waals surface area contributed by atoms with Crippen molar-refractivity contribution in [3.05, 3.63) is 89.0 Å². The van der Waals surface area contributed by atoms with Gasteiger partial charge in [0, 0.05) is 17.5 Å². The lowest BCUT2D eigenvalue weighted by Crippen LogP contribution is -2.25. The lowest BCUT2D eigenvalue weighted by molar-refractivity contribution is -0.113. The van der Waals surface area contributed by atoms with Gasteiger partial charge in [-0.1, -0.05) is 71.9 Å². The van der Waals surface area contributed by atoms with Crippen LogP contribution < -0.4 is 10.6 Å². The van der Waals surface area contributed by atoms with Gasteiger partial charge in [0.05, 0.1) is 28.6 Å². The van der Waals surface area contributed by atoms with Crippen LogP contribution in [0.1, 0.15) is 16.2 Å². The van der Waals surface area contributed by atoms with E-state index in [1.54, 1.807) is 34.9 Å². The Morgan fingerprint density at radius 1 is 1.11 bits per heavy atom. The Balaban J connectivity index is 1.35. The van der Waals surface area contributed by atoms with E-state index in [-0.39, 0.29) is 24.1 Å². The van der Waals surface area contributed by atoms with Gasteiger partial charge in [-0.15, -0.1) is 28.1 Å². The fourth-order valence-corrected chi connectivity index (χ4v) is 4.85. The summed E-state index contributed by atoms with van der Waals surface area (Å²) in [6.07, 6.45) is 1.70. The molecule has 0 unspecified atom stereocenters. The van der Waals surface area contributed by atoms with Crippen molar-refractivity contribution in [1.29, 1.82) is 0 Å². The minimum atomic E-state index is -0.310. The molecule has 4 rings (SSSR count). The second-order valence-electron chi connectivity index (χ2n) is 7.20. The van der Waals surface area contributed by atoms with E-state index in [1.807, 2.05) is 35.7 Å². The summed E-state index contributed by atoms with van der Waals surface area (Å²) < 4.78 is 1.80. The molecule has 0 radical (unpaired) electrons. The van der Waals surface area contributed by atoms with Crippen LogP contribution in [-0.4, -0.2) is 37.3 Å². The molecule has 0 saturated carbocycles. The number of hydrogen-bond donors (Lipinski definition) is 2. The molecule has 2 heterocycles. The predicted molar refractivity (Wildman–Crippen MR) is 140 cm³/mol. The number of carbonyl (C=O) groups excluding carboxylic acids is 2. The summed E-state index contributed by atoms with van der Waals surface area (Å²) in [4.78, 5) is 29.4. The Hall–Kier alpha value is -3.47. The van der Waals surface area contributed by atoms with Gasteiger partial charge in [0.1, 0.15) is 0 Å². The first-order valence-corrected chi connectivity index (χ1v) is 12.8. The maximum atomic E-state index is 12.5. The molecule has 0 spiro atoms. The molecule has 0 saturated heterocycles. The largest absolute Gasteiger partial charge is 0.345 e. The van der Waals surface area contributed by atoms with Gasteiger partial charge < -0.3 is 15.2 Å². The van der Waals surface area contributed by atoms with Crippen LogP contribution in [0.4, 0.5) is 5.13 Å². The summed E-state index contributed by atoms with van der Waals surface area (Å²) in [6, 6.07) is 16.6. The molecule has 2 N–H and O–H groups in total. The molecule has 0 aliphatic carbocycles. The summed E-state index contributed by atoms with van der Waals surface area (Å²) in [5.74, 6) is 0.156. The number of thiazole rings is 1. The van der Waals surface area contributed by atoms with Crippen LogP contribution in [0.25, 0.3) is 11.3 Å². The Bertz CT molecular complexity index is 1340. The van der Waals surface area contributed by atoms with Gasteiger partial charge in [0.15, 0.2) is 16.1 Å². The van der Waals surface area contributed by atoms with Crippen LogP contribution in [0.15, 0.2) is 77.8 Å². The molecule has 0 aliphatic rings. The maximum Gasteiger partial charge on any atom is 0.253 e. The molecule has 8 nitrogen and oxygen atoms in total. The molecule has 0 bridgehead atoms. The number of carbonyl (C=O) groups is 2. The van der Waals surface area contributed by atoms with E-state index in [0.29, 0.717) is 33.2 Å². The number of allylic oxidation sites excluding steroid dienone is 1. The molecule has 0 atom stereocenters. The van der Waals surface area contributed by atoms with Crippen molar-refractivity contribution in [2.45, 2.75) is 18.2 Å². The number of anilines is 1. The number of benzene rings is 2. The normalized spacial score (nSPS) is 10.7. The first kappa shape index (κ1) is 24.6. The molecular weight excluding hydrogens is 504 g/mol. The van der Waals surface area contributed by atoms with Crippen LogP contribution in [0.2, 0.25) is 5.02 Å². The van der Waals surface area contributed by atoms with Crippen molar-refractivity contribution in [2.75, 3.05) is 11.1 Å². The molecule has 0 aliphatic heterocycles. The molecule has 2 aromatic carbocycles. The van der Waals surface area contributed by atoms with Crippen LogP contribution in [0.5, 0.6) is 0 Å². The molecule has 35 heavy (non-hydrogen) atoms. The third-order valence-electron chi connectivity index (χ3n) is 4.78. The number of rotatable bonds is 10. The smallest absolute Gasteiger partial charge is 0.253 e. The highest BCUT2D eigenvalue weighted by molar-refractivity contribution is 7.99. The van der Waals surface area contributed by atoms with Crippen LogP contribution >= 0.6 is 34.7 Å². The first-order valence-electron chi connectivity index (χ1n) is 10.5. The zero-order valence-electron chi connectivity index (χ0n) is 18.5. The zero-order chi connectivity index (χ0) is 24.6. The number of hydrogen-bond acceptors (Lipinski definition) is 7. The Kier molecular flexibility index (Phi) is 8.30. The van der Waals surface area contributed by atoms with E-state index in [4.69, 9.17) is 11.6 Å². The second kappa shape index (κ2) is 11.8. The number of aromatic nitrogens is 4. The molecule has 2 amide bonds. The molecule has 2 aromatic heterocycles. The molecule has 0 fully saturated rings. The van der Waals surface area contributed by atoms with Gasteiger partial charge in [-0.3, -0.25) is 9.59 Å². The summed E-state index contributed by atoms with van der Waals surface area (Å²) >= 11 is 8.71. The van der Waals surface area contributed by atoms with E-state index >= 15 is 0 Å². The highest BCUT2D eigenvalue weighted by atomic mass is 35.5. The molecule has 4 aromatic rings. The number of nitrogens with one attached hydrogen (secondary N) is 2. The van der Waals surface area contributed by atoms with E-state index < -0.39 is 0 Å². The standard InChI is InChI=1S/C24H21ClN6O2S2/c1-2-12-31-20(13-26-22(33)17-10-6-7-11-18(17)25)29-30-24(31)35-15-21(32)28-23-27-19(14-34-23)16-8-4-3-5-9-16/h2-11,14H,1,12-13,15H2,(H,26,33)(H,27,28,32). The minimum Gasteiger partial charge on any atom is -0.345 e. The fraction of sp³-hybridized carbons (Fsp3) is 0.125. The number of thioether (sulfide) groups is 1. The van der Waals surface area contributed by atoms with Crippen molar-refractivity contribution >= 4 is 51.6 Å². The summed E-state index contributed by atoms with van der Waals surface area (Å²) in [5.41, 5.74) is 2.19. The van der Waals surface area contributed by atoms with Gasteiger partial charge in [0.2, 0.25) is 5.91 Å². The van der Waals surface area contributed by atoms with E-state index in [2.05, 4.69) is 32.4 Å². The van der Waals surface area contributed by atoms with Gasteiger partial charge in [0.25, 0.3) is 5.91 Å². The summed E-state index contributed by atoms with van der Waals surface area (Å²) in [5, 5.41) is 17.3. The van der Waals surface area contributed by atoms with Crippen LogP contribution in [-0.2, 0) is 17.9 Å². The van der Waals surface area contributed by atoms with Crippen molar-refractivity contribution in [3.63, 3.8) is 0 Å². The zero-order valence-corrected chi connectivity index (χ0v) is 20.9. The maximum absolute atomic E-state index is 12.5. The monoisotopic (exact) mass is 524 g/mol. The predicted octanol–water partition coefficient (Wildman–Crippen LogP) is 4.90. The summed E-state index contributed by atoms with van der Waals surface area (Å²) in [6.45, 7) is 4.36. The van der Waals surface area contributed by atoms with E-state index in [1.165, 1.54) is 23.1 Å². The first-order chi connectivity index (χ1) is 17.0. The highest BCUT2D eigenvalue weighted by Gasteiger charge is 2.16. The average molecular weight is 525 g/mol. The lowest BCUT2D eigenvalue weighted by atomic mass is 10.2. The average Bonchev–Trinajstić information content (AvgIpc) is 3.49. The van der Waals surface area contributed by atoms with Crippen LogP contribution in [0.3, 0.4) is 0 Å². The Morgan fingerprint density at radius 3 is 2.66 bits per heavy atom. The molecular formula is C24H21ClN6O2S2.